The molecule has 0 radical (unpaired) electrons. The lowest BCUT2D eigenvalue weighted by Gasteiger charge is -2.22. The van der Waals surface area contributed by atoms with Crippen molar-refractivity contribution in [1.82, 2.24) is 14.5 Å². The normalized spacial score (nSPS) is 18.2. The van der Waals surface area contributed by atoms with Crippen molar-refractivity contribution in [2.45, 2.75) is 64.1 Å². The van der Waals surface area contributed by atoms with Crippen LogP contribution in [-0.4, -0.2) is 38.9 Å². The summed E-state index contributed by atoms with van der Waals surface area (Å²) in [5.74, 6) is -0.444. The largest absolute Gasteiger partial charge is 0.368 e. The van der Waals surface area contributed by atoms with Crippen LogP contribution in [0.15, 0.2) is 35.4 Å². The van der Waals surface area contributed by atoms with Crippen LogP contribution in [0.4, 0.5) is 5.69 Å². The molecule has 1 fully saturated rings. The molecule has 1 aliphatic carbocycles. The molecule has 3 heterocycles. The number of hydrogen-bond acceptors (Lipinski definition) is 6. The molecule has 3 N–H and O–H groups in total. The first-order valence-corrected chi connectivity index (χ1v) is 12.7. The highest BCUT2D eigenvalue weighted by Crippen LogP contribution is 2.33. The van der Waals surface area contributed by atoms with Crippen LogP contribution in [-0.2, 0) is 35.5 Å². The van der Waals surface area contributed by atoms with Crippen LogP contribution in [0, 0.1) is 0 Å². The predicted molar refractivity (Wildman–Crippen MR) is 133 cm³/mol. The van der Waals surface area contributed by atoms with Crippen molar-refractivity contribution in [2.75, 3.05) is 11.9 Å². The summed E-state index contributed by atoms with van der Waals surface area (Å²) in [6.07, 6.45) is 7.72. The molecule has 0 bridgehead atoms. The maximum atomic E-state index is 13.1. The van der Waals surface area contributed by atoms with Crippen LogP contribution in [0.2, 0.25) is 0 Å². The number of likely N-dealkylation sites (tertiary alicyclic amines) is 1. The van der Waals surface area contributed by atoms with E-state index in [4.69, 9.17) is 5.73 Å². The summed E-state index contributed by atoms with van der Waals surface area (Å²) in [6.45, 7) is 1.74. The number of aryl methyl sites for hydroxylation is 3. The van der Waals surface area contributed by atoms with Crippen molar-refractivity contribution < 1.29 is 9.59 Å². The van der Waals surface area contributed by atoms with E-state index in [1.54, 1.807) is 22.2 Å². The van der Waals surface area contributed by atoms with Gasteiger partial charge in [-0.3, -0.25) is 23.9 Å². The minimum atomic E-state index is -0.284. The quantitative estimate of drug-likeness (QED) is 0.541. The highest BCUT2D eigenvalue weighted by molar-refractivity contribution is 7.18. The Morgan fingerprint density at radius 1 is 1.21 bits per heavy atom. The number of aromatic nitrogens is 2. The average molecular weight is 480 g/mol. The van der Waals surface area contributed by atoms with Gasteiger partial charge >= 0.3 is 0 Å². The molecule has 1 saturated heterocycles. The van der Waals surface area contributed by atoms with E-state index in [0.29, 0.717) is 12.2 Å². The Hall–Kier alpha value is -3.04. The smallest absolute Gasteiger partial charge is 0.262 e. The fourth-order valence-electron chi connectivity index (χ4n) is 5.11. The average Bonchev–Trinajstić information content (AvgIpc) is 3.43. The number of nitrogens with two attached hydrogens (primary N) is 1. The molecular formula is C25H29N5O3S. The third-order valence-electron chi connectivity index (χ3n) is 6.81. The van der Waals surface area contributed by atoms with Crippen molar-refractivity contribution in [3.63, 3.8) is 0 Å². The minimum absolute atomic E-state index is 0.0474. The Bertz CT molecular complexity index is 1300. The SMILES string of the molecule is NC(=O)C1CCCN1Cc1cccc(NC(=O)CCn2cnc3sc4c(c3c2=O)CCCC4)c1. The van der Waals surface area contributed by atoms with Gasteiger partial charge in [-0.15, -0.1) is 11.3 Å². The lowest BCUT2D eigenvalue weighted by molar-refractivity contribution is -0.122. The predicted octanol–water partition coefficient (Wildman–Crippen LogP) is 2.82. The zero-order chi connectivity index (χ0) is 23.7. The minimum Gasteiger partial charge on any atom is -0.368 e. The highest BCUT2D eigenvalue weighted by atomic mass is 32.1. The Balaban J connectivity index is 1.23. The van der Waals surface area contributed by atoms with Gasteiger partial charge in [0.2, 0.25) is 11.8 Å². The monoisotopic (exact) mass is 479 g/mol. The van der Waals surface area contributed by atoms with Crippen LogP contribution in [0.5, 0.6) is 0 Å². The first kappa shape index (κ1) is 22.7. The fraction of sp³-hybridized carbons (Fsp3) is 0.440. The van der Waals surface area contributed by atoms with E-state index in [-0.39, 0.29) is 36.4 Å². The summed E-state index contributed by atoms with van der Waals surface area (Å²) in [5.41, 5.74) is 8.35. The number of thiophene rings is 1. The van der Waals surface area contributed by atoms with Crippen LogP contribution >= 0.6 is 11.3 Å². The Kier molecular flexibility index (Phi) is 6.47. The van der Waals surface area contributed by atoms with E-state index in [0.717, 1.165) is 60.0 Å². The number of fused-ring (bicyclic) bond motifs is 3. The topological polar surface area (TPSA) is 110 Å². The van der Waals surface area contributed by atoms with E-state index in [2.05, 4.69) is 15.2 Å². The van der Waals surface area contributed by atoms with Crippen molar-refractivity contribution in [3.8, 4) is 0 Å². The van der Waals surface area contributed by atoms with E-state index in [1.807, 2.05) is 24.3 Å². The van der Waals surface area contributed by atoms with E-state index >= 15 is 0 Å². The molecule has 1 aliphatic heterocycles. The summed E-state index contributed by atoms with van der Waals surface area (Å²) in [7, 11) is 0. The van der Waals surface area contributed by atoms with Gasteiger partial charge in [0.15, 0.2) is 0 Å². The molecule has 2 amide bonds. The van der Waals surface area contributed by atoms with E-state index in [1.165, 1.54) is 11.3 Å². The van der Waals surface area contributed by atoms with Crippen molar-refractivity contribution in [1.29, 1.82) is 0 Å². The number of rotatable bonds is 7. The lowest BCUT2D eigenvalue weighted by Crippen LogP contribution is -2.39. The Labute approximate surface area is 201 Å². The molecule has 178 valence electrons. The number of primary amides is 1. The summed E-state index contributed by atoms with van der Waals surface area (Å²) >= 11 is 1.63. The number of anilines is 1. The number of nitrogens with one attached hydrogen (secondary N) is 1. The van der Waals surface area contributed by atoms with Gasteiger partial charge in [0.25, 0.3) is 5.56 Å². The molecule has 0 spiro atoms. The Morgan fingerprint density at radius 2 is 2.06 bits per heavy atom. The fourth-order valence-corrected chi connectivity index (χ4v) is 6.32. The number of amides is 2. The lowest BCUT2D eigenvalue weighted by atomic mass is 9.97. The standard InChI is InChI=1S/C25H29N5O3S/c26-23(32)19-8-4-11-29(19)14-16-5-3-6-17(13-16)28-21(31)10-12-30-15-27-24-22(25(30)33)18-7-1-2-9-20(18)34-24/h3,5-6,13,15,19H,1-2,4,7-12,14H2,(H2,26,32)(H,28,31). The van der Waals surface area contributed by atoms with Gasteiger partial charge in [-0.2, -0.15) is 0 Å². The second-order valence-electron chi connectivity index (χ2n) is 9.16. The number of hydrogen-bond donors (Lipinski definition) is 2. The van der Waals surface area contributed by atoms with Gasteiger partial charge in [0.05, 0.1) is 17.8 Å². The summed E-state index contributed by atoms with van der Waals surface area (Å²) in [4.78, 5) is 46.0. The number of carbonyl (C=O) groups excluding carboxylic acids is 2. The van der Waals surface area contributed by atoms with Crippen molar-refractivity contribution >= 4 is 39.1 Å². The molecule has 3 aromatic rings. The van der Waals surface area contributed by atoms with Gasteiger partial charge in [0.1, 0.15) is 4.83 Å². The first-order chi connectivity index (χ1) is 16.5. The summed E-state index contributed by atoms with van der Waals surface area (Å²) in [6, 6.07) is 7.41. The Morgan fingerprint density at radius 3 is 2.91 bits per heavy atom. The molecule has 1 unspecified atom stereocenters. The molecule has 8 nitrogen and oxygen atoms in total. The molecule has 0 saturated carbocycles. The van der Waals surface area contributed by atoms with Gasteiger partial charge in [-0.05, 0) is 68.3 Å². The van der Waals surface area contributed by atoms with Crippen LogP contribution in [0.1, 0.15) is 48.1 Å². The molecule has 2 aromatic heterocycles. The van der Waals surface area contributed by atoms with Crippen molar-refractivity contribution in [2.24, 2.45) is 5.73 Å². The number of nitrogens with zero attached hydrogens (tertiary/aromatic N) is 3. The molecule has 1 atom stereocenters. The van der Waals surface area contributed by atoms with Crippen LogP contribution < -0.4 is 16.6 Å². The van der Waals surface area contributed by atoms with Crippen LogP contribution in [0.3, 0.4) is 0 Å². The van der Waals surface area contributed by atoms with E-state index in [9.17, 15) is 14.4 Å². The molecule has 2 aliphatic rings. The third-order valence-corrected chi connectivity index (χ3v) is 8.01. The number of carbonyl (C=O) groups is 2. The number of benzene rings is 1. The maximum absolute atomic E-state index is 13.1. The van der Waals surface area contributed by atoms with E-state index < -0.39 is 0 Å². The van der Waals surface area contributed by atoms with Gasteiger partial charge in [-0.25, -0.2) is 4.98 Å². The van der Waals surface area contributed by atoms with Crippen molar-refractivity contribution in [3.05, 3.63) is 57.0 Å². The molecule has 1 aromatic carbocycles. The zero-order valence-electron chi connectivity index (χ0n) is 19.1. The van der Waals surface area contributed by atoms with Gasteiger partial charge < -0.3 is 11.1 Å². The zero-order valence-corrected chi connectivity index (χ0v) is 19.9. The van der Waals surface area contributed by atoms with Gasteiger partial charge in [0, 0.05) is 30.1 Å². The highest BCUT2D eigenvalue weighted by Gasteiger charge is 2.28. The second kappa shape index (κ2) is 9.68. The molecule has 5 rings (SSSR count). The molecule has 9 heteroatoms. The van der Waals surface area contributed by atoms with Crippen LogP contribution in [0.25, 0.3) is 10.2 Å². The first-order valence-electron chi connectivity index (χ1n) is 11.9. The second-order valence-corrected chi connectivity index (χ2v) is 10.2. The summed E-state index contributed by atoms with van der Waals surface area (Å²) < 4.78 is 1.55. The molecular weight excluding hydrogens is 450 g/mol. The third kappa shape index (κ3) is 4.63. The van der Waals surface area contributed by atoms with Gasteiger partial charge in [-0.1, -0.05) is 12.1 Å². The molecule has 34 heavy (non-hydrogen) atoms. The maximum Gasteiger partial charge on any atom is 0.262 e. The summed E-state index contributed by atoms with van der Waals surface area (Å²) in [5, 5.41) is 3.67.